The van der Waals surface area contributed by atoms with Gasteiger partial charge >= 0.3 is 0 Å². The summed E-state index contributed by atoms with van der Waals surface area (Å²) in [6.07, 6.45) is 2.51. The van der Waals surface area contributed by atoms with Crippen LogP contribution >= 0.6 is 0 Å². The fourth-order valence-corrected chi connectivity index (χ4v) is 3.84. The van der Waals surface area contributed by atoms with Gasteiger partial charge in [-0.2, -0.15) is 5.10 Å². The molecule has 0 aliphatic heterocycles. The van der Waals surface area contributed by atoms with Gasteiger partial charge in [0, 0.05) is 24.5 Å². The third kappa shape index (κ3) is 5.41. The van der Waals surface area contributed by atoms with Crippen LogP contribution in [0.5, 0.6) is 5.75 Å². The SMILES string of the molecule is CCc1ccccc1NC(=O)CN(C)C(=O)c1cn(-c2ccccc2)nc1-c1ccc(OC)cc1. The molecule has 1 N–H and O–H groups in total. The molecule has 0 aliphatic carbocycles. The highest BCUT2D eigenvalue weighted by atomic mass is 16.5. The lowest BCUT2D eigenvalue weighted by molar-refractivity contribution is -0.116. The first-order valence-corrected chi connectivity index (χ1v) is 11.4. The van der Waals surface area contributed by atoms with Gasteiger partial charge in [-0.15, -0.1) is 0 Å². The molecule has 35 heavy (non-hydrogen) atoms. The fraction of sp³-hybridized carbons (Fsp3) is 0.179. The summed E-state index contributed by atoms with van der Waals surface area (Å²) in [5.41, 5.74) is 4.35. The van der Waals surface area contributed by atoms with E-state index in [1.54, 1.807) is 25.0 Å². The highest BCUT2D eigenvalue weighted by Gasteiger charge is 2.23. The third-order valence-corrected chi connectivity index (χ3v) is 5.73. The Bertz CT molecular complexity index is 1310. The van der Waals surface area contributed by atoms with Gasteiger partial charge in [-0.3, -0.25) is 9.59 Å². The van der Waals surface area contributed by atoms with Crippen LogP contribution < -0.4 is 10.1 Å². The first-order valence-electron chi connectivity index (χ1n) is 11.4. The number of methoxy groups -OCH3 is 1. The van der Waals surface area contributed by atoms with Gasteiger partial charge in [0.15, 0.2) is 0 Å². The second-order valence-corrected chi connectivity index (χ2v) is 8.12. The summed E-state index contributed by atoms with van der Waals surface area (Å²) >= 11 is 0. The number of hydrogen-bond donors (Lipinski definition) is 1. The highest BCUT2D eigenvalue weighted by Crippen LogP contribution is 2.27. The number of rotatable bonds is 8. The Morgan fingerprint density at radius 3 is 2.34 bits per heavy atom. The van der Waals surface area contributed by atoms with Crippen LogP contribution in [0.2, 0.25) is 0 Å². The van der Waals surface area contributed by atoms with Crippen molar-refractivity contribution in [3.05, 3.63) is 96.2 Å². The molecule has 7 heteroatoms. The van der Waals surface area contributed by atoms with E-state index in [9.17, 15) is 9.59 Å². The monoisotopic (exact) mass is 468 g/mol. The molecule has 1 heterocycles. The predicted octanol–water partition coefficient (Wildman–Crippen LogP) is 4.82. The Labute approximate surface area is 205 Å². The molecule has 0 radical (unpaired) electrons. The normalized spacial score (nSPS) is 10.6. The summed E-state index contributed by atoms with van der Waals surface area (Å²) in [6.45, 7) is 1.95. The maximum absolute atomic E-state index is 13.5. The molecule has 0 aliphatic rings. The Morgan fingerprint density at radius 1 is 0.971 bits per heavy atom. The average Bonchev–Trinajstić information content (AvgIpc) is 3.34. The molecule has 4 aromatic rings. The standard InChI is InChI=1S/C28H28N4O3/c1-4-20-10-8-9-13-25(20)29-26(33)19-31(2)28(34)24-18-32(22-11-6-5-7-12-22)30-27(24)21-14-16-23(35-3)17-15-21/h5-18H,4,19H2,1-3H3,(H,29,33). The summed E-state index contributed by atoms with van der Waals surface area (Å²) in [4.78, 5) is 27.6. The lowest BCUT2D eigenvalue weighted by Gasteiger charge is -2.17. The zero-order valence-corrected chi connectivity index (χ0v) is 20.1. The summed E-state index contributed by atoms with van der Waals surface area (Å²) < 4.78 is 6.94. The van der Waals surface area contributed by atoms with E-state index in [1.165, 1.54) is 4.90 Å². The van der Waals surface area contributed by atoms with Crippen molar-refractivity contribution in [3.8, 4) is 22.7 Å². The third-order valence-electron chi connectivity index (χ3n) is 5.73. The van der Waals surface area contributed by atoms with Crippen molar-refractivity contribution in [1.29, 1.82) is 0 Å². The van der Waals surface area contributed by atoms with Crippen LogP contribution in [-0.4, -0.2) is 47.2 Å². The van der Waals surface area contributed by atoms with E-state index in [1.807, 2.05) is 85.8 Å². The molecular formula is C28H28N4O3. The largest absolute Gasteiger partial charge is 0.497 e. The molecule has 0 bridgehead atoms. The van der Waals surface area contributed by atoms with Crippen LogP contribution in [0, 0.1) is 0 Å². The molecule has 0 saturated heterocycles. The van der Waals surface area contributed by atoms with Gasteiger partial charge in [0.1, 0.15) is 11.4 Å². The minimum absolute atomic E-state index is 0.0878. The Morgan fingerprint density at radius 2 is 1.66 bits per heavy atom. The molecular weight excluding hydrogens is 440 g/mol. The predicted molar refractivity (Wildman–Crippen MR) is 137 cm³/mol. The number of nitrogens with one attached hydrogen (secondary N) is 1. The number of aromatic nitrogens is 2. The minimum atomic E-state index is -0.295. The average molecular weight is 469 g/mol. The van der Waals surface area contributed by atoms with Crippen molar-refractivity contribution in [2.24, 2.45) is 0 Å². The molecule has 0 atom stereocenters. The summed E-state index contributed by atoms with van der Waals surface area (Å²) in [5, 5.41) is 7.63. The van der Waals surface area contributed by atoms with E-state index < -0.39 is 0 Å². The number of nitrogens with zero attached hydrogens (tertiary/aromatic N) is 3. The van der Waals surface area contributed by atoms with Crippen LogP contribution in [0.25, 0.3) is 16.9 Å². The molecule has 0 spiro atoms. The number of carbonyl (C=O) groups excluding carboxylic acids is 2. The van der Waals surface area contributed by atoms with Crippen molar-refractivity contribution in [2.75, 3.05) is 26.0 Å². The van der Waals surface area contributed by atoms with Crippen molar-refractivity contribution < 1.29 is 14.3 Å². The second kappa shape index (κ2) is 10.7. The van der Waals surface area contributed by atoms with E-state index in [-0.39, 0.29) is 18.4 Å². The quantitative estimate of drug-likeness (QED) is 0.402. The lowest BCUT2D eigenvalue weighted by Crippen LogP contribution is -2.35. The summed E-state index contributed by atoms with van der Waals surface area (Å²) in [5.74, 6) is 0.158. The fourth-order valence-electron chi connectivity index (χ4n) is 3.84. The first-order chi connectivity index (χ1) is 17.0. The van der Waals surface area contributed by atoms with Crippen LogP contribution in [0.4, 0.5) is 5.69 Å². The lowest BCUT2D eigenvalue weighted by atomic mass is 10.1. The molecule has 3 aromatic carbocycles. The van der Waals surface area contributed by atoms with Crippen molar-refractivity contribution in [2.45, 2.75) is 13.3 Å². The van der Waals surface area contributed by atoms with Crippen LogP contribution in [-0.2, 0) is 11.2 Å². The van der Waals surface area contributed by atoms with Crippen molar-refractivity contribution in [3.63, 3.8) is 0 Å². The van der Waals surface area contributed by atoms with Gasteiger partial charge in [0.25, 0.3) is 5.91 Å². The van der Waals surface area contributed by atoms with Crippen LogP contribution in [0.3, 0.4) is 0 Å². The van der Waals surface area contributed by atoms with Gasteiger partial charge in [-0.25, -0.2) is 4.68 Å². The highest BCUT2D eigenvalue weighted by molar-refractivity contribution is 6.02. The van der Waals surface area contributed by atoms with Gasteiger partial charge in [0.2, 0.25) is 5.91 Å². The maximum atomic E-state index is 13.5. The summed E-state index contributed by atoms with van der Waals surface area (Å²) in [6, 6.07) is 24.6. The molecule has 4 rings (SSSR count). The topological polar surface area (TPSA) is 76.5 Å². The van der Waals surface area contributed by atoms with Gasteiger partial charge < -0.3 is 15.0 Å². The smallest absolute Gasteiger partial charge is 0.257 e. The number of carbonyl (C=O) groups is 2. The molecule has 0 saturated carbocycles. The van der Waals surface area contributed by atoms with Gasteiger partial charge in [-0.05, 0) is 54.4 Å². The zero-order chi connectivity index (χ0) is 24.8. The first kappa shape index (κ1) is 23.8. The number of likely N-dealkylation sites (N-methyl/N-ethyl adjacent to an activating group) is 1. The molecule has 0 fully saturated rings. The summed E-state index contributed by atoms with van der Waals surface area (Å²) in [7, 11) is 3.22. The van der Waals surface area contributed by atoms with Gasteiger partial charge in [0.05, 0.1) is 24.9 Å². The Balaban J connectivity index is 1.60. The van der Waals surface area contributed by atoms with E-state index in [0.29, 0.717) is 17.0 Å². The van der Waals surface area contributed by atoms with Crippen molar-refractivity contribution >= 4 is 17.5 Å². The number of para-hydroxylation sites is 2. The number of ether oxygens (including phenoxy) is 1. The number of amides is 2. The number of benzene rings is 3. The number of aryl methyl sites for hydroxylation is 1. The number of hydrogen-bond acceptors (Lipinski definition) is 4. The molecule has 0 unspecified atom stereocenters. The number of anilines is 1. The van der Waals surface area contributed by atoms with E-state index >= 15 is 0 Å². The van der Waals surface area contributed by atoms with Crippen LogP contribution in [0.15, 0.2) is 85.1 Å². The second-order valence-electron chi connectivity index (χ2n) is 8.12. The Kier molecular flexibility index (Phi) is 7.26. The van der Waals surface area contributed by atoms with E-state index in [2.05, 4.69) is 5.32 Å². The van der Waals surface area contributed by atoms with Gasteiger partial charge in [-0.1, -0.05) is 43.3 Å². The Hall–Kier alpha value is -4.39. The van der Waals surface area contributed by atoms with Crippen LogP contribution in [0.1, 0.15) is 22.8 Å². The zero-order valence-electron chi connectivity index (χ0n) is 20.1. The molecule has 2 amide bonds. The molecule has 7 nitrogen and oxygen atoms in total. The van der Waals surface area contributed by atoms with E-state index in [4.69, 9.17) is 9.84 Å². The maximum Gasteiger partial charge on any atom is 0.257 e. The van der Waals surface area contributed by atoms with Crippen molar-refractivity contribution in [1.82, 2.24) is 14.7 Å². The van der Waals surface area contributed by atoms with E-state index in [0.717, 1.165) is 28.9 Å². The minimum Gasteiger partial charge on any atom is -0.497 e. The molecule has 1 aromatic heterocycles. The molecule has 178 valence electrons.